The molecule has 2 N–H and O–H groups in total. The summed E-state index contributed by atoms with van der Waals surface area (Å²) in [5.74, 6) is 1.97. The molecule has 25 heavy (non-hydrogen) atoms. The largest absolute Gasteiger partial charge is 0.493 e. The second kappa shape index (κ2) is 9.28. The minimum Gasteiger partial charge on any atom is -0.493 e. The molecule has 0 saturated heterocycles. The van der Waals surface area contributed by atoms with Crippen molar-refractivity contribution in [3.8, 4) is 11.5 Å². The molecule has 2 rings (SSSR count). The van der Waals surface area contributed by atoms with Crippen molar-refractivity contribution in [2.75, 3.05) is 19.0 Å². The van der Waals surface area contributed by atoms with E-state index in [2.05, 4.69) is 36.6 Å². The normalized spacial score (nSPS) is 11.7. The monoisotopic (exact) mass is 358 g/mol. The van der Waals surface area contributed by atoms with E-state index in [0.717, 1.165) is 17.2 Å². The average molecular weight is 359 g/mol. The molecule has 134 valence electrons. The standard InChI is InChI=1S/C20H26N2O2S/c1-14(2)16-9-11-17(12-10-16)22-20(25)21-15(3)13-24-19-8-6-5-7-18(19)23-4/h5-12,14-15H,13H2,1-4H3,(H2,21,22,25)/t15-/m1/s1. The highest BCUT2D eigenvalue weighted by atomic mass is 32.1. The van der Waals surface area contributed by atoms with Gasteiger partial charge in [0.05, 0.1) is 13.2 Å². The van der Waals surface area contributed by atoms with Crippen LogP contribution in [0.1, 0.15) is 32.3 Å². The smallest absolute Gasteiger partial charge is 0.171 e. The zero-order chi connectivity index (χ0) is 18.2. The first-order valence-corrected chi connectivity index (χ1v) is 8.83. The number of benzene rings is 2. The van der Waals surface area contributed by atoms with Crippen LogP contribution in [-0.2, 0) is 0 Å². The Hall–Kier alpha value is -2.27. The molecule has 0 saturated carbocycles. The molecule has 2 aromatic rings. The van der Waals surface area contributed by atoms with Crippen LogP contribution >= 0.6 is 12.2 Å². The lowest BCUT2D eigenvalue weighted by Crippen LogP contribution is -2.39. The van der Waals surface area contributed by atoms with Crippen LogP contribution in [0.2, 0.25) is 0 Å². The van der Waals surface area contributed by atoms with Crippen LogP contribution in [0.3, 0.4) is 0 Å². The summed E-state index contributed by atoms with van der Waals surface area (Å²) in [6.07, 6.45) is 0. The fourth-order valence-corrected chi connectivity index (χ4v) is 2.66. The zero-order valence-corrected chi connectivity index (χ0v) is 16.0. The molecular formula is C20H26N2O2S. The van der Waals surface area contributed by atoms with Gasteiger partial charge in [0.15, 0.2) is 16.6 Å². The van der Waals surface area contributed by atoms with Crippen molar-refractivity contribution in [3.63, 3.8) is 0 Å². The van der Waals surface area contributed by atoms with Gasteiger partial charge in [-0.25, -0.2) is 0 Å². The van der Waals surface area contributed by atoms with E-state index in [0.29, 0.717) is 17.6 Å². The lowest BCUT2D eigenvalue weighted by molar-refractivity contribution is 0.270. The number of anilines is 1. The van der Waals surface area contributed by atoms with Gasteiger partial charge in [0, 0.05) is 5.69 Å². The molecule has 0 unspecified atom stereocenters. The number of para-hydroxylation sites is 2. The molecular weight excluding hydrogens is 332 g/mol. The Labute approximate surface area is 155 Å². The summed E-state index contributed by atoms with van der Waals surface area (Å²) in [6, 6.07) is 16.0. The fraction of sp³-hybridized carbons (Fsp3) is 0.350. The predicted octanol–water partition coefficient (Wildman–Crippen LogP) is 4.57. The summed E-state index contributed by atoms with van der Waals surface area (Å²) in [4.78, 5) is 0. The van der Waals surface area contributed by atoms with E-state index in [1.165, 1.54) is 5.56 Å². The molecule has 0 amide bonds. The molecule has 0 aliphatic carbocycles. The van der Waals surface area contributed by atoms with Gasteiger partial charge in [-0.1, -0.05) is 38.1 Å². The van der Waals surface area contributed by atoms with Gasteiger partial charge in [-0.05, 0) is 54.9 Å². The molecule has 0 aromatic heterocycles. The lowest BCUT2D eigenvalue weighted by atomic mass is 10.0. The molecule has 0 aliphatic heterocycles. The predicted molar refractivity (Wildman–Crippen MR) is 108 cm³/mol. The van der Waals surface area contributed by atoms with Crippen molar-refractivity contribution in [3.05, 3.63) is 54.1 Å². The van der Waals surface area contributed by atoms with Gasteiger partial charge < -0.3 is 20.1 Å². The summed E-state index contributed by atoms with van der Waals surface area (Å²) in [7, 11) is 1.63. The van der Waals surface area contributed by atoms with Gasteiger partial charge >= 0.3 is 0 Å². The van der Waals surface area contributed by atoms with Crippen LogP contribution in [-0.4, -0.2) is 24.9 Å². The molecule has 0 radical (unpaired) electrons. The van der Waals surface area contributed by atoms with Crippen LogP contribution in [0.25, 0.3) is 0 Å². The minimum atomic E-state index is 0.0554. The maximum atomic E-state index is 5.81. The van der Waals surface area contributed by atoms with Gasteiger partial charge in [0.1, 0.15) is 6.61 Å². The van der Waals surface area contributed by atoms with Crippen molar-refractivity contribution in [2.45, 2.75) is 32.7 Å². The Bertz CT molecular complexity index is 686. The van der Waals surface area contributed by atoms with E-state index in [-0.39, 0.29) is 6.04 Å². The molecule has 0 fully saturated rings. The van der Waals surface area contributed by atoms with E-state index in [4.69, 9.17) is 21.7 Å². The summed E-state index contributed by atoms with van der Waals surface area (Å²) >= 11 is 5.37. The van der Waals surface area contributed by atoms with Crippen molar-refractivity contribution >= 4 is 23.0 Å². The molecule has 0 aliphatic rings. The van der Waals surface area contributed by atoms with Crippen LogP contribution in [0.15, 0.2) is 48.5 Å². The number of ether oxygens (including phenoxy) is 2. The molecule has 4 nitrogen and oxygen atoms in total. The van der Waals surface area contributed by atoms with Crippen molar-refractivity contribution < 1.29 is 9.47 Å². The Balaban J connectivity index is 1.81. The summed E-state index contributed by atoms with van der Waals surface area (Å²) in [6.45, 7) is 6.86. The Morgan fingerprint density at radius 1 is 1.00 bits per heavy atom. The summed E-state index contributed by atoms with van der Waals surface area (Å²) < 4.78 is 11.1. The third kappa shape index (κ3) is 5.94. The lowest BCUT2D eigenvalue weighted by Gasteiger charge is -2.18. The first-order chi connectivity index (χ1) is 12.0. The minimum absolute atomic E-state index is 0.0554. The quantitative estimate of drug-likeness (QED) is 0.710. The number of rotatable bonds is 7. The molecule has 0 spiro atoms. The molecule has 1 atom stereocenters. The zero-order valence-electron chi connectivity index (χ0n) is 15.2. The van der Waals surface area contributed by atoms with E-state index in [9.17, 15) is 0 Å². The molecule has 5 heteroatoms. The number of thiocarbonyl (C=S) groups is 1. The number of methoxy groups -OCH3 is 1. The highest BCUT2D eigenvalue weighted by molar-refractivity contribution is 7.80. The summed E-state index contributed by atoms with van der Waals surface area (Å²) in [5, 5.41) is 7.00. The van der Waals surface area contributed by atoms with E-state index in [1.54, 1.807) is 7.11 Å². The maximum Gasteiger partial charge on any atom is 0.171 e. The van der Waals surface area contributed by atoms with Crippen LogP contribution in [0.4, 0.5) is 5.69 Å². The number of hydrogen-bond acceptors (Lipinski definition) is 3. The maximum absolute atomic E-state index is 5.81. The third-order valence-corrected chi connectivity index (χ3v) is 3.99. The van der Waals surface area contributed by atoms with E-state index in [1.807, 2.05) is 43.3 Å². The molecule has 0 bridgehead atoms. The van der Waals surface area contributed by atoms with Crippen LogP contribution in [0.5, 0.6) is 11.5 Å². The average Bonchev–Trinajstić information content (AvgIpc) is 2.60. The topological polar surface area (TPSA) is 42.5 Å². The van der Waals surface area contributed by atoms with Crippen LogP contribution < -0.4 is 20.1 Å². The number of nitrogens with one attached hydrogen (secondary N) is 2. The highest BCUT2D eigenvalue weighted by Crippen LogP contribution is 2.25. The van der Waals surface area contributed by atoms with Crippen LogP contribution in [0, 0.1) is 0 Å². The second-order valence-electron chi connectivity index (χ2n) is 6.24. The molecule has 0 heterocycles. The first-order valence-electron chi connectivity index (χ1n) is 8.43. The molecule has 2 aromatic carbocycles. The SMILES string of the molecule is COc1ccccc1OC[C@@H](C)NC(=S)Nc1ccc(C(C)C)cc1. The third-order valence-electron chi connectivity index (χ3n) is 3.77. The van der Waals surface area contributed by atoms with Crippen molar-refractivity contribution in [2.24, 2.45) is 0 Å². The van der Waals surface area contributed by atoms with Crippen molar-refractivity contribution in [1.82, 2.24) is 5.32 Å². The first kappa shape index (κ1) is 19.1. The number of hydrogen-bond donors (Lipinski definition) is 2. The van der Waals surface area contributed by atoms with E-state index >= 15 is 0 Å². The Morgan fingerprint density at radius 2 is 1.64 bits per heavy atom. The van der Waals surface area contributed by atoms with Gasteiger partial charge in [0.25, 0.3) is 0 Å². The fourth-order valence-electron chi connectivity index (χ4n) is 2.34. The Morgan fingerprint density at radius 3 is 2.24 bits per heavy atom. The van der Waals surface area contributed by atoms with Gasteiger partial charge in [0.2, 0.25) is 0 Å². The van der Waals surface area contributed by atoms with Crippen molar-refractivity contribution in [1.29, 1.82) is 0 Å². The van der Waals surface area contributed by atoms with Gasteiger partial charge in [-0.3, -0.25) is 0 Å². The highest BCUT2D eigenvalue weighted by Gasteiger charge is 2.08. The van der Waals surface area contributed by atoms with Gasteiger partial charge in [-0.2, -0.15) is 0 Å². The van der Waals surface area contributed by atoms with E-state index < -0.39 is 0 Å². The second-order valence-corrected chi connectivity index (χ2v) is 6.65. The summed E-state index contributed by atoms with van der Waals surface area (Å²) in [5.41, 5.74) is 2.28. The Kier molecular flexibility index (Phi) is 7.07. The van der Waals surface area contributed by atoms with Gasteiger partial charge in [-0.15, -0.1) is 0 Å².